The van der Waals surface area contributed by atoms with Gasteiger partial charge in [0.05, 0.1) is 18.4 Å². The number of halogens is 1. The number of esters is 2. The summed E-state index contributed by atoms with van der Waals surface area (Å²) in [4.78, 5) is 49.5. The van der Waals surface area contributed by atoms with Crippen LogP contribution in [0.5, 0.6) is 0 Å². The third-order valence-electron chi connectivity index (χ3n) is 4.92. The van der Waals surface area contributed by atoms with E-state index in [2.05, 4.69) is 15.2 Å². The number of ether oxygens (including phenoxy) is 2. The van der Waals surface area contributed by atoms with Crippen molar-refractivity contribution in [3.8, 4) is 5.69 Å². The highest BCUT2D eigenvalue weighted by atomic mass is 35.5. The fourth-order valence-corrected chi connectivity index (χ4v) is 3.25. The van der Waals surface area contributed by atoms with Crippen LogP contribution in [0.2, 0.25) is 5.02 Å². The molecule has 0 radical (unpaired) electrons. The number of nitrogens with zero attached hydrogens (tertiary/aromatic N) is 2. The number of amides is 1. The molecule has 0 saturated heterocycles. The molecule has 2 aromatic carbocycles. The third-order valence-corrected chi connectivity index (χ3v) is 5.16. The monoisotopic (exact) mass is 483 g/mol. The molecular formula is C24H22ClN3O6. The molecule has 3 aromatic rings. The molecule has 34 heavy (non-hydrogen) atoms. The van der Waals surface area contributed by atoms with Crippen LogP contribution in [0.3, 0.4) is 0 Å². The molecule has 0 bridgehead atoms. The maximum Gasteiger partial charge on any atom is 0.363 e. The van der Waals surface area contributed by atoms with Gasteiger partial charge in [0.1, 0.15) is 0 Å². The first-order chi connectivity index (χ1) is 16.1. The molecule has 0 spiro atoms. The normalized spacial score (nSPS) is 11.4. The summed E-state index contributed by atoms with van der Waals surface area (Å²) in [6.45, 7) is 4.75. The third kappa shape index (κ3) is 5.49. The Hall–Kier alpha value is -3.98. The number of rotatable bonds is 6. The van der Waals surface area contributed by atoms with Crippen molar-refractivity contribution in [2.24, 2.45) is 0 Å². The van der Waals surface area contributed by atoms with Crippen LogP contribution in [0.25, 0.3) is 5.69 Å². The van der Waals surface area contributed by atoms with Gasteiger partial charge >= 0.3 is 11.9 Å². The van der Waals surface area contributed by atoms with Gasteiger partial charge in [-0.05, 0) is 56.7 Å². The van der Waals surface area contributed by atoms with Gasteiger partial charge < -0.3 is 14.8 Å². The number of carbonyl (C=O) groups excluding carboxylic acids is 3. The molecule has 3 rings (SSSR count). The maximum atomic E-state index is 12.7. The molecule has 1 atom stereocenters. The second kappa shape index (κ2) is 10.3. The fourth-order valence-electron chi connectivity index (χ4n) is 3.06. The van der Waals surface area contributed by atoms with E-state index in [1.807, 2.05) is 0 Å². The van der Waals surface area contributed by atoms with Crippen LogP contribution in [0.15, 0.2) is 53.3 Å². The van der Waals surface area contributed by atoms with Crippen LogP contribution in [-0.4, -0.2) is 40.8 Å². The minimum Gasteiger partial charge on any atom is -0.465 e. The number of aryl methyl sites for hydroxylation is 2. The van der Waals surface area contributed by atoms with E-state index in [9.17, 15) is 19.2 Å². The Morgan fingerprint density at radius 2 is 1.79 bits per heavy atom. The molecule has 0 saturated carbocycles. The van der Waals surface area contributed by atoms with Crippen LogP contribution in [0, 0.1) is 13.8 Å². The summed E-state index contributed by atoms with van der Waals surface area (Å²) >= 11 is 6.03. The predicted octanol–water partition coefficient (Wildman–Crippen LogP) is 3.47. The van der Waals surface area contributed by atoms with Crippen molar-refractivity contribution in [1.82, 2.24) is 9.78 Å². The number of nitrogens with one attached hydrogen (secondary N) is 1. The van der Waals surface area contributed by atoms with Gasteiger partial charge in [0.2, 0.25) is 11.1 Å². The zero-order chi connectivity index (χ0) is 25.0. The first-order valence-corrected chi connectivity index (χ1v) is 10.6. The Morgan fingerprint density at radius 1 is 1.06 bits per heavy atom. The lowest BCUT2D eigenvalue weighted by Gasteiger charge is -2.16. The first-order valence-electron chi connectivity index (χ1n) is 10.2. The quantitative estimate of drug-likeness (QED) is 0.533. The number of carbonyl (C=O) groups is 3. The molecule has 9 nitrogen and oxygen atoms in total. The van der Waals surface area contributed by atoms with Crippen LogP contribution in [0.4, 0.5) is 5.69 Å². The number of methoxy groups -OCH3 is 1. The average Bonchev–Trinajstić information content (AvgIpc) is 2.79. The largest absolute Gasteiger partial charge is 0.465 e. The summed E-state index contributed by atoms with van der Waals surface area (Å²) in [7, 11) is 1.25. The van der Waals surface area contributed by atoms with E-state index >= 15 is 0 Å². The minimum atomic E-state index is -1.25. The van der Waals surface area contributed by atoms with Gasteiger partial charge in [-0.3, -0.25) is 9.59 Å². The SMILES string of the molecule is COC(=O)c1ccc(C)c(NC(=O)C(C)OC(=O)c2nn(-c3cccc(Cl)c3)c(C)cc2=O)c1. The van der Waals surface area contributed by atoms with Crippen LogP contribution in [-0.2, 0) is 14.3 Å². The van der Waals surface area contributed by atoms with Crippen molar-refractivity contribution in [3.63, 3.8) is 0 Å². The van der Waals surface area contributed by atoms with Crippen molar-refractivity contribution in [2.45, 2.75) is 26.9 Å². The van der Waals surface area contributed by atoms with Gasteiger partial charge in [0, 0.05) is 22.5 Å². The smallest absolute Gasteiger partial charge is 0.363 e. The number of aromatic nitrogens is 2. The van der Waals surface area contributed by atoms with Gasteiger partial charge in [-0.15, -0.1) is 0 Å². The first kappa shape index (κ1) is 24.7. The summed E-state index contributed by atoms with van der Waals surface area (Å²) in [5, 5.41) is 7.19. The molecule has 1 unspecified atom stereocenters. The molecule has 176 valence electrons. The average molecular weight is 484 g/mol. The van der Waals surface area contributed by atoms with Crippen LogP contribution < -0.4 is 10.7 Å². The molecule has 0 aliphatic carbocycles. The summed E-state index contributed by atoms with van der Waals surface area (Å²) in [6.07, 6.45) is -1.25. The highest BCUT2D eigenvalue weighted by Crippen LogP contribution is 2.19. The highest BCUT2D eigenvalue weighted by Gasteiger charge is 2.24. The van der Waals surface area contributed by atoms with E-state index in [-0.39, 0.29) is 5.56 Å². The fraction of sp³-hybridized carbons (Fsp3) is 0.208. The lowest BCUT2D eigenvalue weighted by atomic mass is 10.1. The molecule has 1 amide bonds. The molecule has 0 aliphatic rings. The minimum absolute atomic E-state index is 0.249. The lowest BCUT2D eigenvalue weighted by Crippen LogP contribution is -2.33. The molecular weight excluding hydrogens is 462 g/mol. The van der Waals surface area contributed by atoms with Gasteiger partial charge in [-0.25, -0.2) is 14.3 Å². The summed E-state index contributed by atoms with van der Waals surface area (Å²) in [6, 6.07) is 12.6. The van der Waals surface area contributed by atoms with Crippen LogP contribution >= 0.6 is 11.6 Å². The van der Waals surface area contributed by atoms with Crippen molar-refractivity contribution in [2.75, 3.05) is 12.4 Å². The molecule has 1 N–H and O–H groups in total. The van der Waals surface area contributed by atoms with E-state index in [0.29, 0.717) is 27.7 Å². The topological polar surface area (TPSA) is 117 Å². The van der Waals surface area contributed by atoms with Crippen LogP contribution in [0.1, 0.15) is 39.0 Å². The van der Waals surface area contributed by atoms with Crippen molar-refractivity contribution in [1.29, 1.82) is 0 Å². The Morgan fingerprint density at radius 3 is 2.47 bits per heavy atom. The molecule has 1 aromatic heterocycles. The van der Waals surface area contributed by atoms with Gasteiger partial charge in [0.15, 0.2) is 6.10 Å². The van der Waals surface area contributed by atoms with Crippen molar-refractivity contribution < 1.29 is 23.9 Å². The molecule has 0 fully saturated rings. The maximum absolute atomic E-state index is 12.7. The Balaban J connectivity index is 1.79. The van der Waals surface area contributed by atoms with E-state index in [4.69, 9.17) is 16.3 Å². The number of benzene rings is 2. The number of hydrogen-bond donors (Lipinski definition) is 1. The van der Waals surface area contributed by atoms with E-state index in [1.165, 1.54) is 30.8 Å². The van der Waals surface area contributed by atoms with E-state index in [1.54, 1.807) is 50.2 Å². The van der Waals surface area contributed by atoms with Crippen molar-refractivity contribution >= 4 is 35.1 Å². The lowest BCUT2D eigenvalue weighted by molar-refractivity contribution is -0.123. The molecule has 1 heterocycles. The van der Waals surface area contributed by atoms with Crippen molar-refractivity contribution in [3.05, 3.63) is 86.3 Å². The summed E-state index contributed by atoms with van der Waals surface area (Å²) in [5.41, 5.74) is 1.20. The zero-order valence-electron chi connectivity index (χ0n) is 18.9. The second-order valence-electron chi connectivity index (χ2n) is 7.45. The van der Waals surface area contributed by atoms with Gasteiger partial charge in [0.25, 0.3) is 5.91 Å². The number of hydrogen-bond acceptors (Lipinski definition) is 7. The predicted molar refractivity (Wildman–Crippen MR) is 126 cm³/mol. The Kier molecular flexibility index (Phi) is 7.47. The Bertz CT molecular complexity index is 1330. The standard InChI is InChI=1S/C24H22ClN3O6/c1-13-8-9-16(23(31)33-4)11-19(13)26-22(30)15(3)34-24(32)21-20(29)10-14(2)28(27-21)18-7-5-6-17(25)12-18/h5-12,15H,1-4H3,(H,26,30). The second-order valence-corrected chi connectivity index (χ2v) is 7.88. The van der Waals surface area contributed by atoms with E-state index in [0.717, 1.165) is 0 Å². The zero-order valence-corrected chi connectivity index (χ0v) is 19.7. The summed E-state index contributed by atoms with van der Waals surface area (Å²) in [5.74, 6) is -2.26. The van der Waals surface area contributed by atoms with E-state index < -0.39 is 35.1 Å². The summed E-state index contributed by atoms with van der Waals surface area (Å²) < 4.78 is 11.3. The van der Waals surface area contributed by atoms with Gasteiger partial charge in [-0.1, -0.05) is 23.7 Å². The number of anilines is 1. The van der Waals surface area contributed by atoms with Gasteiger partial charge in [-0.2, -0.15) is 5.10 Å². The Labute approximate surface area is 200 Å². The molecule has 10 heteroatoms. The highest BCUT2D eigenvalue weighted by molar-refractivity contribution is 6.30. The molecule has 0 aliphatic heterocycles.